The van der Waals surface area contributed by atoms with Gasteiger partial charge in [-0.2, -0.15) is 0 Å². The molecule has 0 unspecified atom stereocenters. The lowest BCUT2D eigenvalue weighted by atomic mass is 9.96. The van der Waals surface area contributed by atoms with Crippen molar-refractivity contribution in [3.05, 3.63) is 23.0 Å². The Balaban J connectivity index is 2.06. The molecule has 1 saturated heterocycles. The molecule has 1 aromatic carbocycles. The Bertz CT molecular complexity index is 1170. The van der Waals surface area contributed by atoms with E-state index in [1.54, 1.807) is 41.7 Å². The number of unbranched alkanes of at least 4 members (excludes halogenated alkanes) is 1. The van der Waals surface area contributed by atoms with Crippen LogP contribution in [-0.2, 0) is 14.3 Å². The van der Waals surface area contributed by atoms with Crippen LogP contribution in [0.2, 0.25) is 0 Å². The van der Waals surface area contributed by atoms with Gasteiger partial charge in [-0.05, 0) is 80.2 Å². The number of benzene rings is 1. The van der Waals surface area contributed by atoms with Gasteiger partial charge in [-0.25, -0.2) is 18.0 Å². The normalized spacial score (nSPS) is 18.7. The minimum atomic E-state index is -3.33. The highest BCUT2D eigenvalue weighted by Gasteiger charge is 2.45. The van der Waals surface area contributed by atoms with Crippen molar-refractivity contribution < 1.29 is 41.8 Å². The molecule has 2 aliphatic heterocycles. The molecule has 12 heteroatoms. The molecular formula is C30H44F3N3O6. The number of piperidine rings is 1. The summed E-state index contributed by atoms with van der Waals surface area (Å²) in [6.45, 7) is 12.8. The number of halogens is 3. The topological polar surface area (TPSA) is 88.6 Å². The number of ether oxygens (including phenoxy) is 3. The summed E-state index contributed by atoms with van der Waals surface area (Å²) in [5.74, 6) is -3.13. The number of nitrogens with zero attached hydrogens (tertiary/aromatic N) is 3. The molecule has 2 aliphatic rings. The first-order valence-electron chi connectivity index (χ1n) is 14.4. The summed E-state index contributed by atoms with van der Waals surface area (Å²) in [5.41, 5.74) is -3.90. The van der Waals surface area contributed by atoms with Crippen molar-refractivity contribution in [2.45, 2.75) is 104 Å². The van der Waals surface area contributed by atoms with Crippen molar-refractivity contribution >= 4 is 23.6 Å². The van der Waals surface area contributed by atoms with E-state index in [0.29, 0.717) is 38.8 Å². The fraction of sp³-hybridized carbons (Fsp3) is 0.700. The first-order valence-corrected chi connectivity index (χ1v) is 14.4. The number of carbonyl (C=O) groups is 3. The summed E-state index contributed by atoms with van der Waals surface area (Å²) >= 11 is 0. The number of alkyl halides is 2. The second kappa shape index (κ2) is 13.1. The van der Waals surface area contributed by atoms with Gasteiger partial charge in [0, 0.05) is 39.4 Å². The third-order valence-corrected chi connectivity index (χ3v) is 7.31. The molecule has 0 aromatic heterocycles. The third-order valence-electron chi connectivity index (χ3n) is 7.31. The molecule has 0 N–H and O–H groups in total. The maximum absolute atomic E-state index is 15.9. The third kappa shape index (κ3) is 7.30. The average molecular weight is 600 g/mol. The molecule has 42 heavy (non-hydrogen) atoms. The fourth-order valence-electron chi connectivity index (χ4n) is 5.43. The molecular weight excluding hydrogens is 555 g/mol. The Morgan fingerprint density at radius 1 is 1.21 bits per heavy atom. The van der Waals surface area contributed by atoms with Gasteiger partial charge < -0.3 is 28.9 Å². The van der Waals surface area contributed by atoms with Crippen molar-refractivity contribution in [2.75, 3.05) is 38.3 Å². The minimum Gasteiger partial charge on any atom is -0.473 e. The van der Waals surface area contributed by atoms with Crippen molar-refractivity contribution in [1.82, 2.24) is 9.80 Å². The van der Waals surface area contributed by atoms with Gasteiger partial charge in [0.05, 0.1) is 22.9 Å². The van der Waals surface area contributed by atoms with Gasteiger partial charge in [0.15, 0.2) is 17.2 Å². The van der Waals surface area contributed by atoms with E-state index in [-0.39, 0.29) is 18.8 Å². The summed E-state index contributed by atoms with van der Waals surface area (Å²) < 4.78 is 61.1. The number of carbonyl (C=O) groups excluding carboxylic acids is 3. The van der Waals surface area contributed by atoms with Gasteiger partial charge in [0.2, 0.25) is 0 Å². The summed E-state index contributed by atoms with van der Waals surface area (Å²) in [7, 11) is 1.55. The van der Waals surface area contributed by atoms with Crippen LogP contribution in [0.4, 0.5) is 23.7 Å². The number of hydrogen-bond donors (Lipinski definition) is 0. The summed E-state index contributed by atoms with van der Waals surface area (Å²) in [6.07, 6.45) is -1.67. The van der Waals surface area contributed by atoms with Crippen LogP contribution in [-0.4, -0.2) is 84.3 Å². The SMILES string of the molecule is COCCCCN1C(=O)C(C)(C)Oc2c1cc(C(=O)N(C(C)C)[C@@H]1CCCN(C(=O)OC(C)(C)C)C1)c(C(F)F)c2F. The molecule has 1 atom stereocenters. The minimum absolute atomic E-state index is 0.0651. The van der Waals surface area contributed by atoms with Crippen LogP contribution in [0.25, 0.3) is 0 Å². The largest absolute Gasteiger partial charge is 0.473 e. The zero-order valence-electron chi connectivity index (χ0n) is 25.9. The summed E-state index contributed by atoms with van der Waals surface area (Å²) in [4.78, 5) is 44.4. The Labute approximate surface area is 246 Å². The smallest absolute Gasteiger partial charge is 0.410 e. The quantitative estimate of drug-likeness (QED) is 0.327. The van der Waals surface area contributed by atoms with Gasteiger partial charge in [0.1, 0.15) is 5.60 Å². The maximum Gasteiger partial charge on any atom is 0.410 e. The Morgan fingerprint density at radius 3 is 2.45 bits per heavy atom. The molecule has 3 rings (SSSR count). The number of amides is 3. The summed E-state index contributed by atoms with van der Waals surface area (Å²) in [5, 5.41) is 0. The monoisotopic (exact) mass is 599 g/mol. The van der Waals surface area contributed by atoms with Crippen LogP contribution in [0.15, 0.2) is 6.07 Å². The predicted molar refractivity (Wildman–Crippen MR) is 152 cm³/mol. The standard InChI is InChI=1S/C30H44F3N3O6/c1-18(2)36(19-12-11-13-34(17-19)28(39)42-29(3,4)5)26(37)20-16-21-24(23(31)22(20)25(32)33)41-30(6,7)27(38)35(21)14-9-10-15-40-8/h16,18-19,25H,9-15,17H2,1-8H3/t19-/m1/s1. The lowest BCUT2D eigenvalue weighted by Crippen LogP contribution is -2.55. The Kier molecular flexibility index (Phi) is 10.4. The van der Waals surface area contributed by atoms with E-state index < -0.39 is 70.3 Å². The fourth-order valence-corrected chi connectivity index (χ4v) is 5.43. The first-order chi connectivity index (χ1) is 19.5. The van der Waals surface area contributed by atoms with E-state index in [4.69, 9.17) is 14.2 Å². The number of likely N-dealkylation sites (tertiary alicyclic amines) is 1. The van der Waals surface area contributed by atoms with Crippen LogP contribution in [0, 0.1) is 5.82 Å². The van der Waals surface area contributed by atoms with Gasteiger partial charge in [-0.1, -0.05) is 0 Å². The molecule has 9 nitrogen and oxygen atoms in total. The molecule has 0 bridgehead atoms. The zero-order valence-corrected chi connectivity index (χ0v) is 25.9. The molecule has 0 radical (unpaired) electrons. The zero-order chi connectivity index (χ0) is 31.6. The Hall–Kier alpha value is -3.02. The highest BCUT2D eigenvalue weighted by molar-refractivity contribution is 6.05. The molecule has 0 spiro atoms. The molecule has 1 fully saturated rings. The van der Waals surface area contributed by atoms with Crippen molar-refractivity contribution in [3.8, 4) is 5.75 Å². The number of methoxy groups -OCH3 is 1. The molecule has 0 aliphatic carbocycles. The van der Waals surface area contributed by atoms with Gasteiger partial charge >= 0.3 is 6.09 Å². The maximum atomic E-state index is 15.9. The van der Waals surface area contributed by atoms with Crippen LogP contribution >= 0.6 is 0 Å². The van der Waals surface area contributed by atoms with Crippen LogP contribution in [0.3, 0.4) is 0 Å². The molecule has 0 saturated carbocycles. The van der Waals surface area contributed by atoms with Crippen molar-refractivity contribution in [3.63, 3.8) is 0 Å². The average Bonchev–Trinajstić information content (AvgIpc) is 2.87. The van der Waals surface area contributed by atoms with Crippen LogP contribution < -0.4 is 9.64 Å². The number of anilines is 1. The highest BCUT2D eigenvalue weighted by atomic mass is 19.3. The van der Waals surface area contributed by atoms with E-state index in [0.717, 1.165) is 6.07 Å². The lowest BCUT2D eigenvalue weighted by Gasteiger charge is -2.42. The lowest BCUT2D eigenvalue weighted by molar-refractivity contribution is -0.132. The number of hydrogen-bond acceptors (Lipinski definition) is 6. The molecule has 2 heterocycles. The van der Waals surface area contributed by atoms with E-state index in [9.17, 15) is 23.2 Å². The Morgan fingerprint density at radius 2 is 1.88 bits per heavy atom. The summed E-state index contributed by atoms with van der Waals surface area (Å²) in [6, 6.07) is 0.160. The van der Waals surface area contributed by atoms with Gasteiger partial charge in [-0.15, -0.1) is 0 Å². The van der Waals surface area contributed by atoms with Gasteiger partial charge in [0.25, 0.3) is 18.2 Å². The van der Waals surface area contributed by atoms with Crippen molar-refractivity contribution in [1.29, 1.82) is 0 Å². The van der Waals surface area contributed by atoms with E-state index >= 15 is 4.39 Å². The second-order valence-electron chi connectivity index (χ2n) is 12.6. The van der Waals surface area contributed by atoms with Crippen LogP contribution in [0.1, 0.15) is 96.5 Å². The van der Waals surface area contributed by atoms with Crippen LogP contribution in [0.5, 0.6) is 5.75 Å². The second-order valence-corrected chi connectivity index (χ2v) is 12.6. The predicted octanol–water partition coefficient (Wildman–Crippen LogP) is 5.94. The van der Waals surface area contributed by atoms with Crippen molar-refractivity contribution in [2.24, 2.45) is 0 Å². The number of rotatable bonds is 9. The van der Waals surface area contributed by atoms with E-state index in [1.807, 2.05) is 0 Å². The molecule has 1 aromatic rings. The van der Waals surface area contributed by atoms with E-state index in [2.05, 4.69) is 0 Å². The molecule has 236 valence electrons. The van der Waals surface area contributed by atoms with Gasteiger partial charge in [-0.3, -0.25) is 9.59 Å². The highest BCUT2D eigenvalue weighted by Crippen LogP contribution is 2.45. The van der Waals surface area contributed by atoms with E-state index in [1.165, 1.54) is 28.5 Å². The first kappa shape index (κ1) is 33.5. The number of fused-ring (bicyclic) bond motifs is 1. The molecule has 3 amide bonds.